The van der Waals surface area contributed by atoms with Gasteiger partial charge in [-0.2, -0.15) is 0 Å². The molecule has 1 atom stereocenters. The molecule has 1 N–H and O–H groups in total. The van der Waals surface area contributed by atoms with Crippen molar-refractivity contribution >= 4 is 18.3 Å². The summed E-state index contributed by atoms with van der Waals surface area (Å²) in [5, 5.41) is 2.94. The van der Waals surface area contributed by atoms with Gasteiger partial charge < -0.3 is 10.1 Å². The van der Waals surface area contributed by atoms with Crippen molar-refractivity contribution in [2.75, 3.05) is 6.61 Å². The predicted molar refractivity (Wildman–Crippen MR) is 92.0 cm³/mol. The van der Waals surface area contributed by atoms with Crippen LogP contribution < -0.4 is 10.1 Å². The van der Waals surface area contributed by atoms with Crippen LogP contribution in [0.4, 0.5) is 0 Å². The zero-order chi connectivity index (χ0) is 15.2. The van der Waals surface area contributed by atoms with Gasteiger partial charge in [0.2, 0.25) is 0 Å². The van der Waals surface area contributed by atoms with Crippen molar-refractivity contribution in [1.29, 1.82) is 0 Å². The standard InChI is InChI=1S/C18H21NO2.ClH/c1-13-8-7-9-14(2)17(13)21-12-15(3)19-18(20)16-10-5-4-6-11-16;/h4-11,15H,12H2,1-3H3,(H,19,20);1H. The minimum absolute atomic E-state index is 0. The summed E-state index contributed by atoms with van der Waals surface area (Å²) < 4.78 is 5.85. The zero-order valence-corrected chi connectivity index (χ0v) is 13.9. The average Bonchev–Trinajstić information content (AvgIpc) is 2.47. The molecule has 0 aliphatic rings. The number of rotatable bonds is 5. The van der Waals surface area contributed by atoms with Gasteiger partial charge in [0.1, 0.15) is 12.4 Å². The van der Waals surface area contributed by atoms with E-state index in [1.807, 2.05) is 57.2 Å². The summed E-state index contributed by atoms with van der Waals surface area (Å²) >= 11 is 0. The Morgan fingerprint density at radius 3 is 2.23 bits per heavy atom. The molecule has 1 unspecified atom stereocenters. The molecule has 4 heteroatoms. The maximum absolute atomic E-state index is 12.0. The predicted octanol–water partition coefficient (Wildman–Crippen LogP) is 3.92. The lowest BCUT2D eigenvalue weighted by molar-refractivity contribution is 0.0926. The molecule has 22 heavy (non-hydrogen) atoms. The number of aryl methyl sites for hydroxylation is 2. The van der Waals surface area contributed by atoms with E-state index in [2.05, 4.69) is 5.32 Å². The minimum Gasteiger partial charge on any atom is -0.491 e. The van der Waals surface area contributed by atoms with E-state index >= 15 is 0 Å². The van der Waals surface area contributed by atoms with Crippen LogP contribution in [-0.4, -0.2) is 18.6 Å². The lowest BCUT2D eigenvalue weighted by Crippen LogP contribution is -2.36. The number of amides is 1. The number of carbonyl (C=O) groups is 1. The summed E-state index contributed by atoms with van der Waals surface area (Å²) in [6.07, 6.45) is 0. The van der Waals surface area contributed by atoms with Crippen LogP contribution in [0.2, 0.25) is 0 Å². The SMILES string of the molecule is Cc1cccc(C)c1OCC(C)NC(=O)c1ccccc1.Cl. The number of carbonyl (C=O) groups excluding carboxylic acids is 1. The molecule has 0 aliphatic heterocycles. The van der Waals surface area contributed by atoms with Gasteiger partial charge in [-0.1, -0.05) is 36.4 Å². The second kappa shape index (κ2) is 8.44. The zero-order valence-electron chi connectivity index (χ0n) is 13.1. The monoisotopic (exact) mass is 319 g/mol. The summed E-state index contributed by atoms with van der Waals surface area (Å²) in [7, 11) is 0. The highest BCUT2D eigenvalue weighted by molar-refractivity contribution is 5.94. The lowest BCUT2D eigenvalue weighted by Gasteiger charge is -2.17. The second-order valence-electron chi connectivity index (χ2n) is 5.27. The molecule has 0 aliphatic carbocycles. The average molecular weight is 320 g/mol. The Kier molecular flexibility index (Phi) is 6.93. The molecule has 3 nitrogen and oxygen atoms in total. The van der Waals surface area contributed by atoms with Gasteiger partial charge in [-0.15, -0.1) is 12.4 Å². The van der Waals surface area contributed by atoms with Crippen LogP contribution >= 0.6 is 12.4 Å². The van der Waals surface area contributed by atoms with Gasteiger partial charge in [-0.3, -0.25) is 4.79 Å². The van der Waals surface area contributed by atoms with Crippen LogP contribution in [-0.2, 0) is 0 Å². The highest BCUT2D eigenvalue weighted by Gasteiger charge is 2.11. The number of nitrogens with one attached hydrogen (secondary N) is 1. The van der Waals surface area contributed by atoms with Gasteiger partial charge in [0.05, 0.1) is 6.04 Å². The van der Waals surface area contributed by atoms with Crippen LogP contribution in [0.25, 0.3) is 0 Å². The molecule has 2 rings (SSSR count). The molecule has 0 heterocycles. The van der Waals surface area contributed by atoms with Crippen molar-refractivity contribution in [2.45, 2.75) is 26.8 Å². The lowest BCUT2D eigenvalue weighted by atomic mass is 10.1. The van der Waals surface area contributed by atoms with Crippen LogP contribution in [0, 0.1) is 13.8 Å². The Labute approximate surface area is 138 Å². The third-order valence-electron chi connectivity index (χ3n) is 3.30. The largest absolute Gasteiger partial charge is 0.491 e. The Hall–Kier alpha value is -2.00. The summed E-state index contributed by atoms with van der Waals surface area (Å²) in [6.45, 7) is 6.43. The first-order valence-electron chi connectivity index (χ1n) is 7.13. The van der Waals surface area contributed by atoms with Gasteiger partial charge in [-0.25, -0.2) is 0 Å². The third kappa shape index (κ3) is 4.78. The number of ether oxygens (including phenoxy) is 1. The molecule has 0 saturated carbocycles. The first kappa shape index (κ1) is 18.1. The molecule has 2 aromatic carbocycles. The molecule has 0 radical (unpaired) electrons. The fraction of sp³-hybridized carbons (Fsp3) is 0.278. The van der Waals surface area contributed by atoms with E-state index in [0.717, 1.165) is 16.9 Å². The van der Waals surface area contributed by atoms with Crippen LogP contribution in [0.1, 0.15) is 28.4 Å². The highest BCUT2D eigenvalue weighted by Crippen LogP contribution is 2.22. The molecule has 0 saturated heterocycles. The molecule has 0 spiro atoms. The molecular weight excluding hydrogens is 298 g/mol. The quantitative estimate of drug-likeness (QED) is 0.907. The van der Waals surface area contributed by atoms with Crippen molar-refractivity contribution in [3.63, 3.8) is 0 Å². The number of hydrogen-bond donors (Lipinski definition) is 1. The van der Waals surface area contributed by atoms with Gasteiger partial charge >= 0.3 is 0 Å². The maximum atomic E-state index is 12.0. The third-order valence-corrected chi connectivity index (χ3v) is 3.30. The Balaban J connectivity index is 0.00000242. The minimum atomic E-state index is -0.0757. The molecule has 0 bridgehead atoms. The Morgan fingerprint density at radius 1 is 1.05 bits per heavy atom. The summed E-state index contributed by atoms with van der Waals surface area (Å²) in [5.41, 5.74) is 2.88. The smallest absolute Gasteiger partial charge is 0.251 e. The molecule has 2 aromatic rings. The number of hydrogen-bond acceptors (Lipinski definition) is 2. The first-order valence-corrected chi connectivity index (χ1v) is 7.13. The van der Waals surface area contributed by atoms with Gasteiger partial charge in [0.25, 0.3) is 5.91 Å². The normalized spacial score (nSPS) is 11.2. The summed E-state index contributed by atoms with van der Waals surface area (Å²) in [4.78, 5) is 12.0. The van der Waals surface area contributed by atoms with E-state index in [0.29, 0.717) is 12.2 Å². The second-order valence-corrected chi connectivity index (χ2v) is 5.27. The number of benzene rings is 2. The van der Waals surface area contributed by atoms with E-state index in [1.54, 1.807) is 12.1 Å². The number of halogens is 1. The van der Waals surface area contributed by atoms with Crippen molar-refractivity contribution < 1.29 is 9.53 Å². The van der Waals surface area contributed by atoms with Crippen molar-refractivity contribution in [2.24, 2.45) is 0 Å². The Bertz CT molecular complexity index is 593. The topological polar surface area (TPSA) is 38.3 Å². The number of para-hydroxylation sites is 1. The van der Waals surface area contributed by atoms with E-state index in [1.165, 1.54) is 0 Å². The van der Waals surface area contributed by atoms with Crippen LogP contribution in [0.5, 0.6) is 5.75 Å². The van der Waals surface area contributed by atoms with Crippen molar-refractivity contribution in [1.82, 2.24) is 5.32 Å². The molecule has 0 fully saturated rings. The molecule has 1 amide bonds. The maximum Gasteiger partial charge on any atom is 0.251 e. The fourth-order valence-electron chi connectivity index (χ4n) is 2.17. The summed E-state index contributed by atoms with van der Waals surface area (Å²) in [6, 6.07) is 15.2. The van der Waals surface area contributed by atoms with Gasteiger partial charge in [-0.05, 0) is 44.0 Å². The Morgan fingerprint density at radius 2 is 1.64 bits per heavy atom. The van der Waals surface area contributed by atoms with Gasteiger partial charge in [0, 0.05) is 5.56 Å². The van der Waals surface area contributed by atoms with Crippen molar-refractivity contribution in [3.8, 4) is 5.75 Å². The van der Waals surface area contributed by atoms with Crippen molar-refractivity contribution in [3.05, 3.63) is 65.2 Å². The van der Waals surface area contributed by atoms with E-state index in [9.17, 15) is 4.79 Å². The van der Waals surface area contributed by atoms with E-state index in [-0.39, 0.29) is 24.4 Å². The summed E-state index contributed by atoms with van der Waals surface area (Å²) in [5.74, 6) is 0.825. The molecule has 0 aromatic heterocycles. The van der Waals surface area contributed by atoms with Gasteiger partial charge in [0.15, 0.2) is 0 Å². The van der Waals surface area contributed by atoms with E-state index in [4.69, 9.17) is 4.74 Å². The van der Waals surface area contributed by atoms with Crippen LogP contribution in [0.3, 0.4) is 0 Å². The first-order chi connectivity index (χ1) is 10.1. The fourth-order valence-corrected chi connectivity index (χ4v) is 2.17. The molecular formula is C18H22ClNO2. The van der Waals surface area contributed by atoms with Crippen LogP contribution in [0.15, 0.2) is 48.5 Å². The van der Waals surface area contributed by atoms with E-state index < -0.39 is 0 Å². The molecule has 118 valence electrons. The highest BCUT2D eigenvalue weighted by atomic mass is 35.5.